The van der Waals surface area contributed by atoms with Crippen molar-refractivity contribution in [3.8, 4) is 5.75 Å². The molecule has 0 fully saturated rings. The Balaban J connectivity index is 1.96. The molecule has 0 bridgehead atoms. The van der Waals surface area contributed by atoms with E-state index in [2.05, 4.69) is 0 Å². The van der Waals surface area contributed by atoms with Crippen LogP contribution in [0.2, 0.25) is 0 Å². The first-order valence-electron chi connectivity index (χ1n) is 8.26. The minimum atomic E-state index is -0.575. The lowest BCUT2D eigenvalue weighted by molar-refractivity contribution is 0.0663. The zero-order chi connectivity index (χ0) is 18.3. The van der Waals surface area contributed by atoms with Crippen LogP contribution in [0.1, 0.15) is 27.7 Å². The van der Waals surface area contributed by atoms with Crippen molar-refractivity contribution >= 4 is 16.9 Å². The number of phenols is 1. The van der Waals surface area contributed by atoms with Crippen LogP contribution in [0.4, 0.5) is 0 Å². The number of hydrogen-bond acceptors (Lipinski definition) is 5. The Kier molecular flexibility index (Phi) is 3.97. The number of ether oxygens (including phenoxy) is 1. The molecule has 0 saturated carbocycles. The number of phenolic OH excluding ortho intramolecular Hbond substituents is 1. The Bertz CT molecular complexity index is 1040. The molecule has 0 radical (unpaired) electrons. The van der Waals surface area contributed by atoms with Gasteiger partial charge in [-0.05, 0) is 29.8 Å². The molecular weight excluding hydrogens is 334 g/mol. The summed E-state index contributed by atoms with van der Waals surface area (Å²) in [7, 11) is 1.56. The van der Waals surface area contributed by atoms with E-state index in [1.165, 1.54) is 12.1 Å². The standard InChI is InChI=1S/C20H17NO5/c1-25-11-10-21-17(12-6-8-13(22)9-7-12)16-18(23)14-4-2-3-5-15(14)26-19(16)20(21)24/h2-9,17,22H,10-11H2,1H3/t17-/m0/s1. The second-order valence-corrected chi connectivity index (χ2v) is 6.16. The highest BCUT2D eigenvalue weighted by Gasteiger charge is 2.42. The fraction of sp³-hybridized carbons (Fsp3) is 0.200. The third-order valence-corrected chi connectivity index (χ3v) is 4.62. The number of benzene rings is 2. The maximum Gasteiger partial charge on any atom is 0.290 e. The fourth-order valence-corrected chi connectivity index (χ4v) is 3.39. The summed E-state index contributed by atoms with van der Waals surface area (Å²) in [6.07, 6.45) is 0. The van der Waals surface area contributed by atoms with Gasteiger partial charge < -0.3 is 19.2 Å². The predicted molar refractivity (Wildman–Crippen MR) is 95.3 cm³/mol. The quantitative estimate of drug-likeness (QED) is 0.782. The largest absolute Gasteiger partial charge is 0.508 e. The molecule has 4 rings (SSSR count). The molecule has 6 heteroatoms. The van der Waals surface area contributed by atoms with Gasteiger partial charge >= 0.3 is 0 Å². The van der Waals surface area contributed by atoms with Crippen molar-refractivity contribution in [1.29, 1.82) is 0 Å². The van der Waals surface area contributed by atoms with Gasteiger partial charge in [-0.15, -0.1) is 0 Å². The third-order valence-electron chi connectivity index (χ3n) is 4.62. The van der Waals surface area contributed by atoms with Crippen molar-refractivity contribution in [1.82, 2.24) is 4.90 Å². The smallest absolute Gasteiger partial charge is 0.290 e. The summed E-state index contributed by atoms with van der Waals surface area (Å²) in [6, 6.07) is 12.8. The first-order valence-corrected chi connectivity index (χ1v) is 8.26. The topological polar surface area (TPSA) is 80.0 Å². The number of para-hydroxylation sites is 1. The number of rotatable bonds is 4. The number of nitrogens with zero attached hydrogens (tertiary/aromatic N) is 1. The Morgan fingerprint density at radius 2 is 1.85 bits per heavy atom. The molecule has 0 aliphatic carbocycles. The van der Waals surface area contributed by atoms with Crippen LogP contribution >= 0.6 is 0 Å². The molecule has 1 aliphatic rings. The predicted octanol–water partition coefficient (Wildman–Crippen LogP) is 2.69. The monoisotopic (exact) mass is 351 g/mol. The van der Waals surface area contributed by atoms with Gasteiger partial charge in [-0.2, -0.15) is 0 Å². The minimum absolute atomic E-state index is 0.0721. The highest BCUT2D eigenvalue weighted by molar-refractivity contribution is 5.99. The van der Waals surface area contributed by atoms with Gasteiger partial charge in [0.2, 0.25) is 5.76 Å². The van der Waals surface area contributed by atoms with Gasteiger partial charge in [0, 0.05) is 13.7 Å². The number of amides is 1. The van der Waals surface area contributed by atoms with Gasteiger partial charge in [0.25, 0.3) is 5.91 Å². The van der Waals surface area contributed by atoms with Crippen molar-refractivity contribution in [2.45, 2.75) is 6.04 Å². The normalized spacial score (nSPS) is 16.3. The summed E-state index contributed by atoms with van der Waals surface area (Å²) in [5, 5.41) is 10.0. The molecule has 1 N–H and O–H groups in total. The van der Waals surface area contributed by atoms with Crippen LogP contribution in [0.5, 0.6) is 5.75 Å². The first-order chi connectivity index (χ1) is 12.6. The molecule has 1 amide bonds. The molecule has 1 atom stereocenters. The van der Waals surface area contributed by atoms with Crippen LogP contribution in [0, 0.1) is 0 Å². The highest BCUT2D eigenvalue weighted by atomic mass is 16.5. The second-order valence-electron chi connectivity index (χ2n) is 6.16. The molecule has 3 aromatic rings. The van der Waals surface area contributed by atoms with Gasteiger partial charge in [0.1, 0.15) is 11.3 Å². The van der Waals surface area contributed by atoms with Crippen LogP contribution in [0.25, 0.3) is 11.0 Å². The van der Waals surface area contributed by atoms with Crippen LogP contribution < -0.4 is 5.43 Å². The van der Waals surface area contributed by atoms with Gasteiger partial charge in [0.15, 0.2) is 5.43 Å². The van der Waals surface area contributed by atoms with E-state index in [1.54, 1.807) is 48.4 Å². The van der Waals surface area contributed by atoms with E-state index in [4.69, 9.17) is 9.15 Å². The lowest BCUT2D eigenvalue weighted by atomic mass is 9.98. The molecule has 132 valence electrons. The van der Waals surface area contributed by atoms with Crippen molar-refractivity contribution < 1.29 is 19.1 Å². The lowest BCUT2D eigenvalue weighted by Gasteiger charge is -2.24. The van der Waals surface area contributed by atoms with Crippen molar-refractivity contribution in [3.63, 3.8) is 0 Å². The Labute approximate surface area is 149 Å². The van der Waals surface area contributed by atoms with E-state index >= 15 is 0 Å². The maximum atomic E-state index is 13.1. The molecule has 6 nitrogen and oxygen atoms in total. The molecule has 0 spiro atoms. The lowest BCUT2D eigenvalue weighted by Crippen LogP contribution is -2.32. The van der Waals surface area contributed by atoms with Crippen molar-refractivity contribution in [3.05, 3.63) is 75.6 Å². The molecule has 0 unspecified atom stereocenters. The number of aromatic hydroxyl groups is 1. The average molecular weight is 351 g/mol. The summed E-state index contributed by atoms with van der Waals surface area (Å²) in [5.41, 5.74) is 1.24. The summed E-state index contributed by atoms with van der Waals surface area (Å²) >= 11 is 0. The molecule has 26 heavy (non-hydrogen) atoms. The first kappa shape index (κ1) is 16.4. The zero-order valence-corrected chi connectivity index (χ0v) is 14.1. The van der Waals surface area contributed by atoms with E-state index in [0.29, 0.717) is 29.7 Å². The molecule has 2 heterocycles. The van der Waals surface area contributed by atoms with Crippen LogP contribution in [0.3, 0.4) is 0 Å². The van der Waals surface area contributed by atoms with Gasteiger partial charge in [0.05, 0.1) is 23.6 Å². The number of hydrogen-bond donors (Lipinski definition) is 1. The molecule has 1 aromatic heterocycles. The fourth-order valence-electron chi connectivity index (χ4n) is 3.39. The molecule has 0 saturated heterocycles. The van der Waals surface area contributed by atoms with Crippen LogP contribution in [-0.4, -0.2) is 36.2 Å². The Morgan fingerprint density at radius 1 is 1.12 bits per heavy atom. The Hall–Kier alpha value is -3.12. The minimum Gasteiger partial charge on any atom is -0.508 e. The SMILES string of the molecule is COCCN1C(=O)c2oc3ccccc3c(=O)c2[C@@H]1c1ccc(O)cc1. The molecule has 2 aromatic carbocycles. The third kappa shape index (κ3) is 2.46. The van der Waals surface area contributed by atoms with Gasteiger partial charge in [-0.3, -0.25) is 9.59 Å². The van der Waals surface area contributed by atoms with Crippen LogP contribution in [0.15, 0.2) is 57.7 Å². The number of fused-ring (bicyclic) bond motifs is 2. The number of methoxy groups -OCH3 is 1. The van der Waals surface area contributed by atoms with E-state index in [0.717, 1.165) is 5.56 Å². The Morgan fingerprint density at radius 3 is 2.58 bits per heavy atom. The second kappa shape index (κ2) is 6.31. The summed E-state index contributed by atoms with van der Waals surface area (Å²) in [5.74, 6) is -0.145. The van der Waals surface area contributed by atoms with E-state index in [-0.39, 0.29) is 22.8 Å². The average Bonchev–Trinajstić information content (AvgIpc) is 2.93. The van der Waals surface area contributed by atoms with Gasteiger partial charge in [-0.1, -0.05) is 24.3 Å². The van der Waals surface area contributed by atoms with E-state index in [1.807, 2.05) is 0 Å². The number of carbonyl (C=O) groups excluding carboxylic acids is 1. The molecule has 1 aliphatic heterocycles. The van der Waals surface area contributed by atoms with Crippen molar-refractivity contribution in [2.75, 3.05) is 20.3 Å². The number of carbonyl (C=O) groups is 1. The van der Waals surface area contributed by atoms with E-state index in [9.17, 15) is 14.7 Å². The summed E-state index contributed by atoms with van der Waals surface area (Å²) < 4.78 is 10.9. The maximum absolute atomic E-state index is 13.1. The van der Waals surface area contributed by atoms with E-state index < -0.39 is 6.04 Å². The summed E-state index contributed by atoms with van der Waals surface area (Å²) in [6.45, 7) is 0.656. The van der Waals surface area contributed by atoms with Crippen LogP contribution in [-0.2, 0) is 4.74 Å². The summed E-state index contributed by atoms with van der Waals surface area (Å²) in [4.78, 5) is 27.6. The highest BCUT2D eigenvalue weighted by Crippen LogP contribution is 2.38. The molecular formula is C20H17NO5. The van der Waals surface area contributed by atoms with Crippen molar-refractivity contribution in [2.24, 2.45) is 0 Å². The zero-order valence-electron chi connectivity index (χ0n) is 14.1. The van der Waals surface area contributed by atoms with Gasteiger partial charge in [-0.25, -0.2) is 0 Å².